The quantitative estimate of drug-likeness (QED) is 0.364. The lowest BCUT2D eigenvalue weighted by atomic mass is 10.1. The summed E-state index contributed by atoms with van der Waals surface area (Å²) in [6, 6.07) is 15.3. The van der Waals surface area contributed by atoms with Crippen molar-refractivity contribution in [2.24, 2.45) is 0 Å². The number of likely N-dealkylation sites (N-methyl/N-ethyl adjacent to an activating group) is 1. The zero-order chi connectivity index (χ0) is 25.8. The van der Waals surface area contributed by atoms with Gasteiger partial charge in [0.15, 0.2) is 0 Å². The molecular weight excluding hydrogens is 470 g/mol. The molecule has 1 aliphatic heterocycles. The molecule has 0 bridgehead atoms. The molecule has 1 aliphatic rings. The van der Waals surface area contributed by atoms with Crippen molar-refractivity contribution in [2.45, 2.75) is 6.54 Å². The number of esters is 1. The van der Waals surface area contributed by atoms with Crippen LogP contribution < -0.4 is 10.2 Å². The largest absolute Gasteiger partial charge is 0.465 e. The SMILES string of the molecule is COC(=O)c1ccc(Nc2cc(-c3ccc4c(c3)ncn4CCN(C)C)nc(N3CCOCC3)n2)cc1. The van der Waals surface area contributed by atoms with Crippen molar-refractivity contribution in [3.8, 4) is 11.3 Å². The molecule has 192 valence electrons. The fourth-order valence-electron chi connectivity index (χ4n) is 4.22. The molecule has 3 heterocycles. The van der Waals surface area contributed by atoms with Crippen LogP contribution >= 0.6 is 0 Å². The molecule has 1 saturated heterocycles. The number of hydrogen-bond acceptors (Lipinski definition) is 9. The van der Waals surface area contributed by atoms with Crippen LogP contribution in [-0.4, -0.2) is 84.4 Å². The fourth-order valence-corrected chi connectivity index (χ4v) is 4.22. The predicted octanol–water partition coefficient (Wildman–Crippen LogP) is 3.42. The van der Waals surface area contributed by atoms with Gasteiger partial charge in [0.25, 0.3) is 0 Å². The number of nitrogens with zero attached hydrogens (tertiary/aromatic N) is 6. The molecule has 2 aromatic heterocycles. The Morgan fingerprint density at radius 3 is 2.59 bits per heavy atom. The Bertz CT molecular complexity index is 1380. The molecule has 0 unspecified atom stereocenters. The van der Waals surface area contributed by atoms with Gasteiger partial charge in [-0.05, 0) is 50.5 Å². The van der Waals surface area contributed by atoms with Gasteiger partial charge in [-0.3, -0.25) is 0 Å². The summed E-state index contributed by atoms with van der Waals surface area (Å²) in [6.07, 6.45) is 1.89. The van der Waals surface area contributed by atoms with E-state index in [1.54, 1.807) is 12.1 Å². The molecule has 10 heteroatoms. The third-order valence-electron chi connectivity index (χ3n) is 6.29. The summed E-state index contributed by atoms with van der Waals surface area (Å²) in [5, 5.41) is 3.36. The molecule has 5 rings (SSSR count). The first kappa shape index (κ1) is 24.7. The maximum absolute atomic E-state index is 11.8. The van der Waals surface area contributed by atoms with Crippen molar-refractivity contribution in [3.05, 3.63) is 60.4 Å². The van der Waals surface area contributed by atoms with Crippen molar-refractivity contribution in [1.82, 2.24) is 24.4 Å². The summed E-state index contributed by atoms with van der Waals surface area (Å²) in [4.78, 5) is 30.4. The standard InChI is InChI=1S/C27H31N7O3/c1-32(2)10-11-34-18-28-23-16-20(6-9-24(23)34)22-17-25(31-27(30-22)33-12-14-37-15-13-33)29-21-7-4-19(5-8-21)26(35)36-3/h4-9,16-18H,10-15H2,1-3H3,(H,29,30,31). The second-order valence-corrected chi connectivity index (χ2v) is 9.18. The van der Waals surface area contributed by atoms with E-state index in [-0.39, 0.29) is 5.97 Å². The van der Waals surface area contributed by atoms with Crippen LogP contribution in [0.1, 0.15) is 10.4 Å². The zero-order valence-electron chi connectivity index (χ0n) is 21.3. The Labute approximate surface area is 215 Å². The van der Waals surface area contributed by atoms with E-state index in [4.69, 9.17) is 19.4 Å². The summed E-state index contributed by atoms with van der Waals surface area (Å²) in [7, 11) is 5.50. The van der Waals surface area contributed by atoms with Crippen molar-refractivity contribution in [1.29, 1.82) is 0 Å². The van der Waals surface area contributed by atoms with E-state index in [0.29, 0.717) is 30.5 Å². The highest BCUT2D eigenvalue weighted by Crippen LogP contribution is 2.28. The monoisotopic (exact) mass is 501 g/mol. The van der Waals surface area contributed by atoms with E-state index in [1.807, 2.05) is 24.5 Å². The third-order valence-corrected chi connectivity index (χ3v) is 6.29. The Morgan fingerprint density at radius 1 is 1.08 bits per heavy atom. The number of benzene rings is 2. The summed E-state index contributed by atoms with van der Waals surface area (Å²) < 4.78 is 12.5. The van der Waals surface area contributed by atoms with Gasteiger partial charge < -0.3 is 29.2 Å². The minimum atomic E-state index is -0.370. The summed E-state index contributed by atoms with van der Waals surface area (Å²) >= 11 is 0. The molecule has 37 heavy (non-hydrogen) atoms. The number of carbonyl (C=O) groups excluding carboxylic acids is 1. The maximum Gasteiger partial charge on any atom is 0.337 e. The number of rotatable bonds is 8. The Morgan fingerprint density at radius 2 is 1.86 bits per heavy atom. The number of fused-ring (bicyclic) bond motifs is 1. The molecule has 1 fully saturated rings. The van der Waals surface area contributed by atoms with Crippen molar-refractivity contribution in [3.63, 3.8) is 0 Å². The van der Waals surface area contributed by atoms with Crippen LogP contribution in [0.3, 0.4) is 0 Å². The van der Waals surface area contributed by atoms with Gasteiger partial charge in [-0.25, -0.2) is 14.8 Å². The first-order chi connectivity index (χ1) is 18.0. The number of ether oxygens (including phenoxy) is 2. The second-order valence-electron chi connectivity index (χ2n) is 9.18. The van der Waals surface area contributed by atoms with Crippen molar-refractivity contribution < 1.29 is 14.3 Å². The molecule has 4 aromatic rings. The van der Waals surface area contributed by atoms with Gasteiger partial charge in [0.05, 0.1) is 48.9 Å². The number of carbonyl (C=O) groups is 1. The van der Waals surface area contributed by atoms with Gasteiger partial charge in [0.2, 0.25) is 5.95 Å². The van der Waals surface area contributed by atoms with Crippen molar-refractivity contribution in [2.75, 3.05) is 64.3 Å². The first-order valence-electron chi connectivity index (χ1n) is 12.3. The van der Waals surface area contributed by atoms with Crippen LogP contribution in [0.5, 0.6) is 0 Å². The molecule has 2 aromatic carbocycles. The summed E-state index contributed by atoms with van der Waals surface area (Å²) in [5.41, 5.74) is 5.08. The first-order valence-corrected chi connectivity index (χ1v) is 12.3. The highest BCUT2D eigenvalue weighted by molar-refractivity contribution is 5.89. The Balaban J connectivity index is 1.47. The average Bonchev–Trinajstić information content (AvgIpc) is 3.34. The van der Waals surface area contributed by atoms with E-state index in [0.717, 1.165) is 54.2 Å². The number of anilines is 3. The molecule has 0 aliphatic carbocycles. The number of morpholine rings is 1. The number of nitrogens with one attached hydrogen (secondary N) is 1. The van der Waals surface area contributed by atoms with Gasteiger partial charge in [-0.2, -0.15) is 4.98 Å². The lowest BCUT2D eigenvalue weighted by Gasteiger charge is -2.27. The van der Waals surface area contributed by atoms with Crippen LogP contribution in [0.25, 0.3) is 22.3 Å². The van der Waals surface area contributed by atoms with E-state index >= 15 is 0 Å². The van der Waals surface area contributed by atoms with Crippen LogP contribution in [-0.2, 0) is 16.0 Å². The highest BCUT2D eigenvalue weighted by Gasteiger charge is 2.17. The molecule has 0 atom stereocenters. The van der Waals surface area contributed by atoms with Gasteiger partial charge in [0.1, 0.15) is 5.82 Å². The highest BCUT2D eigenvalue weighted by atomic mass is 16.5. The molecule has 0 saturated carbocycles. The summed E-state index contributed by atoms with van der Waals surface area (Å²) in [6.45, 7) is 4.56. The van der Waals surface area contributed by atoms with Gasteiger partial charge in [0, 0.05) is 43.5 Å². The smallest absolute Gasteiger partial charge is 0.337 e. The van der Waals surface area contributed by atoms with Gasteiger partial charge in [-0.1, -0.05) is 6.07 Å². The number of hydrogen-bond donors (Lipinski definition) is 1. The number of aromatic nitrogens is 4. The molecule has 0 amide bonds. The number of methoxy groups -OCH3 is 1. The van der Waals surface area contributed by atoms with Gasteiger partial charge >= 0.3 is 5.97 Å². The van der Waals surface area contributed by atoms with Crippen molar-refractivity contribution >= 4 is 34.5 Å². The molecule has 0 spiro atoms. The second kappa shape index (κ2) is 10.9. The van der Waals surface area contributed by atoms with Crippen LogP contribution in [0.2, 0.25) is 0 Å². The zero-order valence-corrected chi connectivity index (χ0v) is 21.3. The minimum Gasteiger partial charge on any atom is -0.465 e. The Kier molecular flexibility index (Phi) is 7.29. The molecular formula is C27H31N7O3. The van der Waals surface area contributed by atoms with E-state index in [9.17, 15) is 4.79 Å². The molecule has 1 N–H and O–H groups in total. The lowest BCUT2D eigenvalue weighted by molar-refractivity contribution is 0.0600. The maximum atomic E-state index is 11.8. The van der Waals surface area contributed by atoms with Crippen LogP contribution in [0.4, 0.5) is 17.5 Å². The molecule has 0 radical (unpaired) electrons. The van der Waals surface area contributed by atoms with E-state index in [1.165, 1.54) is 7.11 Å². The Hall–Kier alpha value is -4.02. The molecule has 10 nitrogen and oxygen atoms in total. The van der Waals surface area contributed by atoms with Crippen LogP contribution in [0, 0.1) is 0 Å². The third kappa shape index (κ3) is 5.71. The fraction of sp³-hybridized carbons (Fsp3) is 0.333. The van der Waals surface area contributed by atoms with Crippen LogP contribution in [0.15, 0.2) is 54.9 Å². The number of imidazole rings is 1. The van der Waals surface area contributed by atoms with E-state index < -0.39 is 0 Å². The summed E-state index contributed by atoms with van der Waals surface area (Å²) in [5.74, 6) is 0.935. The van der Waals surface area contributed by atoms with E-state index in [2.05, 4.69) is 57.0 Å². The minimum absolute atomic E-state index is 0.370. The normalized spacial score (nSPS) is 13.8. The predicted molar refractivity (Wildman–Crippen MR) is 143 cm³/mol. The average molecular weight is 502 g/mol. The topological polar surface area (TPSA) is 97.6 Å². The van der Waals surface area contributed by atoms with Gasteiger partial charge in [-0.15, -0.1) is 0 Å². The lowest BCUT2D eigenvalue weighted by Crippen LogP contribution is -2.37.